The number of anilines is 1. The van der Waals surface area contributed by atoms with Crippen LogP contribution in [0.25, 0.3) is 11.0 Å². The van der Waals surface area contributed by atoms with Gasteiger partial charge in [-0.05, 0) is 49.4 Å². The van der Waals surface area contributed by atoms with Crippen molar-refractivity contribution < 1.29 is 23.5 Å². The van der Waals surface area contributed by atoms with Crippen molar-refractivity contribution in [3.05, 3.63) is 51.6 Å². The molecule has 0 bridgehead atoms. The van der Waals surface area contributed by atoms with Crippen LogP contribution in [0, 0.1) is 6.92 Å². The molecule has 0 aliphatic rings. The monoisotopic (exact) mass is 441 g/mol. The van der Waals surface area contributed by atoms with Crippen LogP contribution in [0.5, 0.6) is 0 Å². The number of carbonyl (C=O) groups excluding carboxylic acids is 3. The number of benzene rings is 1. The third-order valence-electron chi connectivity index (χ3n) is 5.07. The molecule has 1 amide bonds. The Kier molecular flexibility index (Phi) is 6.36. The number of rotatable bonds is 6. The van der Waals surface area contributed by atoms with Crippen LogP contribution in [0.2, 0.25) is 0 Å². The number of hydrogen-bond donors (Lipinski definition) is 1. The van der Waals surface area contributed by atoms with Gasteiger partial charge in [-0.25, -0.2) is 4.79 Å². The third-order valence-corrected chi connectivity index (χ3v) is 6.38. The summed E-state index contributed by atoms with van der Waals surface area (Å²) in [5, 5.41) is 4.02. The van der Waals surface area contributed by atoms with Crippen LogP contribution in [-0.4, -0.2) is 24.3 Å². The Morgan fingerprint density at radius 2 is 1.90 bits per heavy atom. The standard InChI is InChI=1S/C24H27NO5S/c1-7-29-23(28)20-13(2)21(14(3)26)31-22(20)25-19(27)10-15-12-30-18-9-8-16(11-17(15)18)24(4,5)6/h8-9,11-12H,7,10H2,1-6H3,(H,25,27). The first-order chi connectivity index (χ1) is 14.5. The molecule has 2 heterocycles. The number of ketones is 1. The lowest BCUT2D eigenvalue weighted by molar-refractivity contribution is -0.115. The quantitative estimate of drug-likeness (QED) is 0.394. The zero-order valence-electron chi connectivity index (χ0n) is 18.7. The molecule has 0 atom stereocenters. The number of carbonyl (C=O) groups is 3. The Bertz CT molecular complexity index is 1160. The van der Waals surface area contributed by atoms with Crippen molar-refractivity contribution in [3.8, 4) is 0 Å². The number of hydrogen-bond acceptors (Lipinski definition) is 6. The summed E-state index contributed by atoms with van der Waals surface area (Å²) in [6.45, 7) is 11.4. The summed E-state index contributed by atoms with van der Waals surface area (Å²) in [5.74, 6) is -1.02. The lowest BCUT2D eigenvalue weighted by Gasteiger charge is -2.18. The first-order valence-electron chi connectivity index (χ1n) is 10.1. The fourth-order valence-electron chi connectivity index (χ4n) is 3.42. The molecule has 1 N–H and O–H groups in total. The Morgan fingerprint density at radius 1 is 1.19 bits per heavy atom. The van der Waals surface area contributed by atoms with Crippen LogP contribution < -0.4 is 5.32 Å². The largest absolute Gasteiger partial charge is 0.464 e. The zero-order chi connectivity index (χ0) is 22.9. The minimum atomic E-state index is -0.553. The number of fused-ring (bicyclic) bond motifs is 1. The highest BCUT2D eigenvalue weighted by Gasteiger charge is 2.25. The van der Waals surface area contributed by atoms with Crippen LogP contribution in [0.4, 0.5) is 5.00 Å². The van der Waals surface area contributed by atoms with Gasteiger partial charge in [-0.2, -0.15) is 0 Å². The molecule has 1 aromatic carbocycles. The molecule has 0 aliphatic heterocycles. The Balaban J connectivity index is 1.90. The highest BCUT2D eigenvalue weighted by Crippen LogP contribution is 2.35. The van der Waals surface area contributed by atoms with E-state index in [2.05, 4.69) is 32.2 Å². The van der Waals surface area contributed by atoms with Crippen LogP contribution in [0.3, 0.4) is 0 Å². The van der Waals surface area contributed by atoms with E-state index in [9.17, 15) is 14.4 Å². The van der Waals surface area contributed by atoms with E-state index in [1.807, 2.05) is 12.1 Å². The van der Waals surface area contributed by atoms with Gasteiger partial charge in [0, 0.05) is 10.9 Å². The smallest absolute Gasteiger partial charge is 0.341 e. The molecule has 164 valence electrons. The van der Waals surface area contributed by atoms with Gasteiger partial charge in [-0.3, -0.25) is 9.59 Å². The number of nitrogens with one attached hydrogen (secondary N) is 1. The van der Waals surface area contributed by atoms with Crippen LogP contribution in [0.15, 0.2) is 28.9 Å². The van der Waals surface area contributed by atoms with Crippen molar-refractivity contribution in [1.82, 2.24) is 0 Å². The lowest BCUT2D eigenvalue weighted by Crippen LogP contribution is -2.16. The second-order valence-corrected chi connectivity index (χ2v) is 9.50. The number of Topliss-reactive ketones (excluding diaryl/α,β-unsaturated/α-hetero) is 1. The molecule has 31 heavy (non-hydrogen) atoms. The minimum Gasteiger partial charge on any atom is -0.464 e. The van der Waals surface area contributed by atoms with E-state index >= 15 is 0 Å². The van der Waals surface area contributed by atoms with Gasteiger partial charge in [0.1, 0.15) is 10.6 Å². The highest BCUT2D eigenvalue weighted by molar-refractivity contribution is 7.18. The van der Waals surface area contributed by atoms with E-state index in [0.29, 0.717) is 21.0 Å². The van der Waals surface area contributed by atoms with Crippen LogP contribution in [-0.2, 0) is 21.4 Å². The zero-order valence-corrected chi connectivity index (χ0v) is 19.5. The van der Waals surface area contributed by atoms with E-state index in [1.165, 1.54) is 6.92 Å². The van der Waals surface area contributed by atoms with Crippen LogP contribution in [0.1, 0.15) is 71.3 Å². The number of furan rings is 1. The minimum absolute atomic E-state index is 0.0306. The molecule has 3 rings (SSSR count). The predicted octanol–water partition coefficient (Wildman–Crippen LogP) is 5.66. The van der Waals surface area contributed by atoms with Crippen LogP contribution >= 0.6 is 11.3 Å². The predicted molar refractivity (Wildman–Crippen MR) is 122 cm³/mol. The maximum Gasteiger partial charge on any atom is 0.341 e. The molecule has 0 aliphatic carbocycles. The summed E-state index contributed by atoms with van der Waals surface area (Å²) in [6, 6.07) is 5.99. The summed E-state index contributed by atoms with van der Waals surface area (Å²) in [5.41, 5.74) is 3.35. The molecule has 3 aromatic rings. The summed E-state index contributed by atoms with van der Waals surface area (Å²) in [7, 11) is 0. The van der Waals surface area contributed by atoms with Gasteiger partial charge >= 0.3 is 5.97 Å². The number of ether oxygens (including phenoxy) is 1. The third kappa shape index (κ3) is 4.71. The van der Waals surface area contributed by atoms with Gasteiger partial charge in [0.05, 0.1) is 29.7 Å². The lowest BCUT2D eigenvalue weighted by atomic mass is 9.86. The Hall–Kier alpha value is -2.93. The van der Waals surface area contributed by atoms with Crippen molar-refractivity contribution >= 4 is 45.0 Å². The van der Waals surface area contributed by atoms with Gasteiger partial charge in [0.15, 0.2) is 5.78 Å². The molecular weight excluding hydrogens is 414 g/mol. The first-order valence-corrected chi connectivity index (χ1v) is 11.0. The van der Waals surface area contributed by atoms with E-state index in [1.54, 1.807) is 20.1 Å². The number of amides is 1. The van der Waals surface area contributed by atoms with Gasteiger partial charge in [-0.15, -0.1) is 11.3 Å². The summed E-state index contributed by atoms with van der Waals surface area (Å²) < 4.78 is 10.7. The summed E-state index contributed by atoms with van der Waals surface area (Å²) in [6.07, 6.45) is 1.67. The molecule has 0 fully saturated rings. The van der Waals surface area contributed by atoms with Crippen molar-refractivity contribution in [2.24, 2.45) is 0 Å². The van der Waals surface area contributed by atoms with E-state index in [0.717, 1.165) is 27.8 Å². The molecule has 6 nitrogen and oxygen atoms in total. The fourth-order valence-corrected chi connectivity index (χ4v) is 4.52. The molecule has 7 heteroatoms. The maximum absolute atomic E-state index is 12.8. The second-order valence-electron chi connectivity index (χ2n) is 8.48. The molecule has 0 unspecified atom stereocenters. The average Bonchev–Trinajstić information content (AvgIpc) is 3.21. The van der Waals surface area contributed by atoms with Crippen molar-refractivity contribution in [2.45, 2.75) is 53.4 Å². The molecule has 0 saturated heterocycles. The molecular formula is C24H27NO5S. The van der Waals surface area contributed by atoms with Gasteiger partial charge in [0.25, 0.3) is 0 Å². The molecule has 2 aromatic heterocycles. The molecule has 0 spiro atoms. The van der Waals surface area contributed by atoms with Gasteiger partial charge in [0.2, 0.25) is 5.91 Å². The van der Waals surface area contributed by atoms with Gasteiger partial charge < -0.3 is 14.5 Å². The Morgan fingerprint density at radius 3 is 2.52 bits per heavy atom. The van der Waals surface area contributed by atoms with E-state index in [4.69, 9.17) is 9.15 Å². The average molecular weight is 442 g/mol. The van der Waals surface area contributed by atoms with Crippen molar-refractivity contribution in [2.75, 3.05) is 11.9 Å². The van der Waals surface area contributed by atoms with E-state index < -0.39 is 5.97 Å². The Labute approximate surface area is 185 Å². The summed E-state index contributed by atoms with van der Waals surface area (Å²) in [4.78, 5) is 37.7. The maximum atomic E-state index is 12.8. The SMILES string of the molecule is CCOC(=O)c1c(NC(=O)Cc2coc3ccc(C(C)(C)C)cc23)sc(C(C)=O)c1C. The topological polar surface area (TPSA) is 85.6 Å². The molecule has 0 saturated carbocycles. The van der Waals surface area contributed by atoms with Crippen molar-refractivity contribution in [3.63, 3.8) is 0 Å². The van der Waals surface area contributed by atoms with Crippen molar-refractivity contribution in [1.29, 1.82) is 0 Å². The number of thiophene rings is 1. The first kappa shape index (κ1) is 22.7. The van der Waals surface area contributed by atoms with E-state index in [-0.39, 0.29) is 35.7 Å². The normalized spacial score (nSPS) is 11.5. The van der Waals surface area contributed by atoms with Gasteiger partial charge in [-0.1, -0.05) is 26.8 Å². The summed E-state index contributed by atoms with van der Waals surface area (Å²) >= 11 is 1.09. The number of esters is 1. The molecule has 0 radical (unpaired) electrons. The highest BCUT2D eigenvalue weighted by atomic mass is 32.1. The fraction of sp³-hybridized carbons (Fsp3) is 0.375. The second kappa shape index (κ2) is 8.67.